The van der Waals surface area contributed by atoms with Crippen LogP contribution in [0, 0.1) is 5.82 Å². The Labute approximate surface area is 132 Å². The first-order valence-electron chi connectivity index (χ1n) is 6.49. The van der Waals surface area contributed by atoms with Crippen molar-refractivity contribution in [2.24, 2.45) is 0 Å². The number of carbonyl (C=O) groups is 1. The highest BCUT2D eigenvalue weighted by molar-refractivity contribution is 8.00. The molecule has 5 heteroatoms. The van der Waals surface area contributed by atoms with Crippen molar-refractivity contribution in [1.29, 1.82) is 0 Å². The molecule has 0 bridgehead atoms. The summed E-state index contributed by atoms with van der Waals surface area (Å²) in [7, 11) is 0. The first-order valence-corrected chi connectivity index (χ1v) is 7.85. The largest absolute Gasteiger partial charge is 0.349 e. The van der Waals surface area contributed by atoms with Crippen LogP contribution >= 0.6 is 23.4 Å². The molecule has 1 N–H and O–H groups in total. The van der Waals surface area contributed by atoms with Crippen molar-refractivity contribution in [3.05, 3.63) is 64.9 Å². The molecule has 0 aliphatic carbocycles. The lowest BCUT2D eigenvalue weighted by atomic mass is 10.1. The first-order chi connectivity index (χ1) is 10.1. The van der Waals surface area contributed by atoms with Gasteiger partial charge in [-0.1, -0.05) is 41.9 Å². The maximum atomic E-state index is 13.5. The van der Waals surface area contributed by atoms with Gasteiger partial charge in [-0.15, -0.1) is 11.8 Å². The molecule has 0 radical (unpaired) electrons. The average molecular weight is 324 g/mol. The maximum Gasteiger partial charge on any atom is 0.230 e. The van der Waals surface area contributed by atoms with Gasteiger partial charge in [-0.2, -0.15) is 0 Å². The van der Waals surface area contributed by atoms with Gasteiger partial charge >= 0.3 is 0 Å². The van der Waals surface area contributed by atoms with Crippen molar-refractivity contribution in [1.82, 2.24) is 5.32 Å². The van der Waals surface area contributed by atoms with E-state index < -0.39 is 0 Å². The van der Waals surface area contributed by atoms with Crippen LogP contribution in [-0.4, -0.2) is 11.7 Å². The Balaban J connectivity index is 1.90. The van der Waals surface area contributed by atoms with Gasteiger partial charge in [0.05, 0.1) is 11.8 Å². The van der Waals surface area contributed by atoms with E-state index in [1.54, 1.807) is 24.3 Å². The average Bonchev–Trinajstić information content (AvgIpc) is 2.46. The molecule has 0 spiro atoms. The molecule has 0 saturated heterocycles. The number of nitrogens with one attached hydrogen (secondary N) is 1. The van der Waals surface area contributed by atoms with E-state index in [4.69, 9.17) is 11.6 Å². The van der Waals surface area contributed by atoms with E-state index in [0.29, 0.717) is 9.92 Å². The van der Waals surface area contributed by atoms with Gasteiger partial charge in [-0.05, 0) is 30.7 Å². The van der Waals surface area contributed by atoms with Crippen LogP contribution in [0.2, 0.25) is 5.02 Å². The third-order valence-electron chi connectivity index (χ3n) is 2.94. The van der Waals surface area contributed by atoms with Gasteiger partial charge in [0, 0.05) is 9.92 Å². The normalized spacial score (nSPS) is 12.0. The van der Waals surface area contributed by atoms with Crippen LogP contribution in [0.5, 0.6) is 0 Å². The highest BCUT2D eigenvalue weighted by Crippen LogP contribution is 2.23. The van der Waals surface area contributed by atoms with Gasteiger partial charge in [0.2, 0.25) is 5.91 Å². The number of benzene rings is 2. The Bertz CT molecular complexity index is 635. The summed E-state index contributed by atoms with van der Waals surface area (Å²) in [6.07, 6.45) is 0. The molecule has 0 heterocycles. The second-order valence-corrected chi connectivity index (χ2v) is 5.95. The Kier molecular flexibility index (Phi) is 5.65. The van der Waals surface area contributed by atoms with Gasteiger partial charge < -0.3 is 5.32 Å². The predicted octanol–water partition coefficient (Wildman–Crippen LogP) is 4.45. The quantitative estimate of drug-likeness (QED) is 0.824. The van der Waals surface area contributed by atoms with E-state index in [0.717, 1.165) is 5.56 Å². The van der Waals surface area contributed by atoms with E-state index in [-0.39, 0.29) is 23.5 Å². The molecule has 0 fully saturated rings. The second kappa shape index (κ2) is 7.48. The molecule has 2 rings (SSSR count). The van der Waals surface area contributed by atoms with Crippen molar-refractivity contribution in [2.75, 3.05) is 5.75 Å². The standard InChI is InChI=1S/C16H15ClFNOS/c1-11(12-6-2-3-7-13(12)17)19-16(20)10-21-15-9-5-4-8-14(15)18/h2-9,11H,10H2,1H3,(H,19,20). The van der Waals surface area contributed by atoms with Crippen molar-refractivity contribution in [3.8, 4) is 0 Å². The van der Waals surface area contributed by atoms with Crippen molar-refractivity contribution in [2.45, 2.75) is 17.9 Å². The molecule has 2 aromatic carbocycles. The molecule has 1 atom stereocenters. The van der Waals surface area contributed by atoms with Crippen LogP contribution < -0.4 is 5.32 Å². The van der Waals surface area contributed by atoms with Crippen molar-refractivity contribution in [3.63, 3.8) is 0 Å². The summed E-state index contributed by atoms with van der Waals surface area (Å²) >= 11 is 7.27. The molecule has 0 aliphatic heterocycles. The molecule has 110 valence electrons. The number of hydrogen-bond donors (Lipinski definition) is 1. The number of amides is 1. The lowest BCUT2D eigenvalue weighted by molar-refractivity contribution is -0.119. The van der Waals surface area contributed by atoms with Gasteiger partial charge in [-0.25, -0.2) is 4.39 Å². The first kappa shape index (κ1) is 15.9. The number of halogens is 2. The van der Waals surface area contributed by atoms with E-state index >= 15 is 0 Å². The van der Waals surface area contributed by atoms with E-state index in [1.807, 2.05) is 25.1 Å². The molecule has 0 saturated carbocycles. The molecule has 1 amide bonds. The smallest absolute Gasteiger partial charge is 0.230 e. The lowest BCUT2D eigenvalue weighted by Gasteiger charge is -2.15. The highest BCUT2D eigenvalue weighted by atomic mass is 35.5. The monoisotopic (exact) mass is 323 g/mol. The van der Waals surface area contributed by atoms with Crippen LogP contribution in [0.15, 0.2) is 53.4 Å². The minimum Gasteiger partial charge on any atom is -0.349 e. The van der Waals surface area contributed by atoms with Gasteiger partial charge in [0.15, 0.2) is 0 Å². The molecule has 21 heavy (non-hydrogen) atoms. The Morgan fingerprint density at radius 3 is 2.62 bits per heavy atom. The molecule has 2 aromatic rings. The molecule has 2 nitrogen and oxygen atoms in total. The summed E-state index contributed by atoms with van der Waals surface area (Å²) in [4.78, 5) is 12.4. The Morgan fingerprint density at radius 2 is 1.90 bits per heavy atom. The number of carbonyl (C=O) groups excluding carboxylic acids is 1. The van der Waals surface area contributed by atoms with E-state index in [1.165, 1.54) is 17.8 Å². The summed E-state index contributed by atoms with van der Waals surface area (Å²) in [6, 6.07) is 13.6. The minimum atomic E-state index is -0.311. The number of rotatable bonds is 5. The van der Waals surface area contributed by atoms with Crippen LogP contribution in [0.25, 0.3) is 0 Å². The third-order valence-corrected chi connectivity index (χ3v) is 4.34. The van der Waals surface area contributed by atoms with Crippen molar-refractivity contribution < 1.29 is 9.18 Å². The van der Waals surface area contributed by atoms with Crippen LogP contribution in [0.1, 0.15) is 18.5 Å². The molecular formula is C16H15ClFNOS. The van der Waals surface area contributed by atoms with Crippen LogP contribution in [0.3, 0.4) is 0 Å². The van der Waals surface area contributed by atoms with Crippen LogP contribution in [0.4, 0.5) is 4.39 Å². The van der Waals surface area contributed by atoms with E-state index in [9.17, 15) is 9.18 Å². The summed E-state index contributed by atoms with van der Waals surface area (Å²) in [6.45, 7) is 1.87. The van der Waals surface area contributed by atoms with Gasteiger partial charge in [0.25, 0.3) is 0 Å². The second-order valence-electron chi connectivity index (χ2n) is 4.53. The zero-order chi connectivity index (χ0) is 15.2. The molecular weight excluding hydrogens is 309 g/mol. The highest BCUT2D eigenvalue weighted by Gasteiger charge is 2.13. The van der Waals surface area contributed by atoms with Crippen molar-refractivity contribution >= 4 is 29.3 Å². The fraction of sp³-hybridized carbons (Fsp3) is 0.188. The topological polar surface area (TPSA) is 29.1 Å². The Hall–Kier alpha value is -1.52. The minimum absolute atomic E-state index is 0.157. The maximum absolute atomic E-state index is 13.5. The zero-order valence-corrected chi connectivity index (χ0v) is 13.0. The lowest BCUT2D eigenvalue weighted by Crippen LogP contribution is -2.28. The zero-order valence-electron chi connectivity index (χ0n) is 11.5. The Morgan fingerprint density at radius 1 is 1.24 bits per heavy atom. The van der Waals surface area contributed by atoms with Crippen LogP contribution in [-0.2, 0) is 4.79 Å². The fourth-order valence-electron chi connectivity index (χ4n) is 1.89. The molecule has 0 aliphatic rings. The summed E-state index contributed by atoms with van der Waals surface area (Å²) in [5.41, 5.74) is 0.864. The molecule has 0 aromatic heterocycles. The van der Waals surface area contributed by atoms with Gasteiger partial charge in [-0.3, -0.25) is 4.79 Å². The molecule has 1 unspecified atom stereocenters. The third kappa shape index (κ3) is 4.48. The number of thioether (sulfide) groups is 1. The van der Waals surface area contributed by atoms with E-state index in [2.05, 4.69) is 5.32 Å². The fourth-order valence-corrected chi connectivity index (χ4v) is 2.94. The summed E-state index contributed by atoms with van der Waals surface area (Å²) in [5, 5.41) is 3.48. The SMILES string of the molecule is CC(NC(=O)CSc1ccccc1F)c1ccccc1Cl. The summed E-state index contributed by atoms with van der Waals surface area (Å²) < 4.78 is 13.5. The number of hydrogen-bond acceptors (Lipinski definition) is 2. The summed E-state index contributed by atoms with van der Waals surface area (Å²) in [5.74, 6) is -0.305. The van der Waals surface area contributed by atoms with Gasteiger partial charge in [0.1, 0.15) is 5.82 Å². The predicted molar refractivity (Wildman–Crippen MR) is 85.1 cm³/mol.